The van der Waals surface area contributed by atoms with Crippen LogP contribution in [0.3, 0.4) is 0 Å². The first-order valence-electron chi connectivity index (χ1n) is 7.83. The van der Waals surface area contributed by atoms with E-state index in [1.165, 1.54) is 6.07 Å². The minimum absolute atomic E-state index is 0.0116. The monoisotopic (exact) mass is 379 g/mol. The Morgan fingerprint density at radius 1 is 1.11 bits per heavy atom. The average Bonchev–Trinajstić information content (AvgIpc) is 2.65. The molecule has 0 spiro atoms. The Balaban J connectivity index is 1.77. The second kappa shape index (κ2) is 7.56. The molecule has 0 unspecified atom stereocenters. The molecule has 0 fully saturated rings. The molecule has 0 saturated carbocycles. The van der Waals surface area contributed by atoms with Gasteiger partial charge in [0.1, 0.15) is 18.1 Å². The van der Waals surface area contributed by atoms with Crippen molar-refractivity contribution in [3.8, 4) is 11.6 Å². The van der Waals surface area contributed by atoms with E-state index in [9.17, 15) is 22.4 Å². The Morgan fingerprint density at radius 2 is 1.93 bits per heavy atom. The third kappa shape index (κ3) is 4.49. The SMILES string of the molecule is O=C(NCCF)c1ccc2cc(Oc3ccc(C(F)(F)F)cn3)ccc2n1. The maximum Gasteiger partial charge on any atom is 0.417 e. The average molecular weight is 379 g/mol. The second-order valence-electron chi connectivity index (χ2n) is 5.48. The van der Waals surface area contributed by atoms with Crippen LogP contribution in [0, 0.1) is 0 Å². The number of nitrogens with zero attached hydrogens (tertiary/aromatic N) is 2. The lowest BCUT2D eigenvalue weighted by molar-refractivity contribution is -0.137. The maximum absolute atomic E-state index is 12.5. The summed E-state index contributed by atoms with van der Waals surface area (Å²) >= 11 is 0. The fraction of sp³-hybridized carbons (Fsp3) is 0.167. The summed E-state index contributed by atoms with van der Waals surface area (Å²) in [4.78, 5) is 19.6. The summed E-state index contributed by atoms with van der Waals surface area (Å²) in [5.74, 6) is -0.118. The van der Waals surface area contributed by atoms with Crippen molar-refractivity contribution in [3.05, 3.63) is 59.9 Å². The van der Waals surface area contributed by atoms with Gasteiger partial charge in [-0.1, -0.05) is 6.07 Å². The molecule has 3 rings (SSSR count). The number of hydrogen-bond donors (Lipinski definition) is 1. The first-order valence-corrected chi connectivity index (χ1v) is 7.83. The van der Waals surface area contributed by atoms with Crippen LogP contribution in [0.4, 0.5) is 17.6 Å². The van der Waals surface area contributed by atoms with Gasteiger partial charge in [-0.05, 0) is 30.3 Å². The van der Waals surface area contributed by atoms with E-state index >= 15 is 0 Å². The standard InChI is InChI=1S/C18H13F4N3O2/c19-7-8-23-17(26)15-4-1-11-9-13(3-5-14(11)25-15)27-16-6-2-12(10-24-16)18(20,21)22/h1-6,9-10H,7-8H2,(H,23,26). The van der Waals surface area contributed by atoms with Crippen molar-refractivity contribution >= 4 is 16.8 Å². The van der Waals surface area contributed by atoms with E-state index in [2.05, 4.69) is 15.3 Å². The number of aromatic nitrogens is 2. The van der Waals surface area contributed by atoms with Crippen LogP contribution in [0.25, 0.3) is 10.9 Å². The largest absolute Gasteiger partial charge is 0.439 e. The number of nitrogens with one attached hydrogen (secondary N) is 1. The predicted octanol–water partition coefficient (Wildman–Crippen LogP) is 4.14. The molecule has 0 radical (unpaired) electrons. The van der Waals surface area contributed by atoms with Gasteiger partial charge in [-0.3, -0.25) is 4.79 Å². The van der Waals surface area contributed by atoms with Crippen molar-refractivity contribution in [2.75, 3.05) is 13.2 Å². The number of fused-ring (bicyclic) bond motifs is 1. The van der Waals surface area contributed by atoms with Crippen LogP contribution in [-0.4, -0.2) is 29.1 Å². The molecular weight excluding hydrogens is 366 g/mol. The zero-order chi connectivity index (χ0) is 19.4. The van der Waals surface area contributed by atoms with Gasteiger partial charge in [0.2, 0.25) is 5.88 Å². The number of amides is 1. The maximum atomic E-state index is 12.5. The van der Waals surface area contributed by atoms with Crippen molar-refractivity contribution in [1.29, 1.82) is 0 Å². The highest BCUT2D eigenvalue weighted by atomic mass is 19.4. The predicted molar refractivity (Wildman–Crippen MR) is 89.4 cm³/mol. The molecule has 0 aliphatic heterocycles. The number of alkyl halides is 4. The van der Waals surface area contributed by atoms with Crippen LogP contribution in [-0.2, 0) is 6.18 Å². The van der Waals surface area contributed by atoms with Gasteiger partial charge in [-0.15, -0.1) is 0 Å². The number of halogens is 4. The Bertz CT molecular complexity index is 959. The highest BCUT2D eigenvalue weighted by Crippen LogP contribution is 2.30. The Kier molecular flexibility index (Phi) is 5.20. The van der Waals surface area contributed by atoms with Gasteiger partial charge in [-0.25, -0.2) is 14.4 Å². The molecule has 2 aromatic heterocycles. The molecule has 0 aliphatic rings. The lowest BCUT2D eigenvalue weighted by Crippen LogP contribution is -2.26. The highest BCUT2D eigenvalue weighted by Gasteiger charge is 2.30. The highest BCUT2D eigenvalue weighted by molar-refractivity contribution is 5.95. The van der Waals surface area contributed by atoms with E-state index in [0.717, 1.165) is 12.1 Å². The molecule has 0 aliphatic carbocycles. The van der Waals surface area contributed by atoms with Crippen LogP contribution in [0.2, 0.25) is 0 Å². The van der Waals surface area contributed by atoms with Crippen molar-refractivity contribution in [1.82, 2.24) is 15.3 Å². The zero-order valence-corrected chi connectivity index (χ0v) is 13.8. The fourth-order valence-electron chi connectivity index (χ4n) is 2.27. The summed E-state index contributed by atoms with van der Waals surface area (Å²) in [7, 11) is 0. The summed E-state index contributed by atoms with van der Waals surface area (Å²) in [6.07, 6.45) is -3.77. The topological polar surface area (TPSA) is 64.1 Å². The van der Waals surface area contributed by atoms with Crippen LogP contribution in [0.1, 0.15) is 16.1 Å². The molecule has 0 saturated heterocycles. The van der Waals surface area contributed by atoms with Crippen molar-refractivity contribution < 1.29 is 27.1 Å². The van der Waals surface area contributed by atoms with E-state index in [1.54, 1.807) is 24.3 Å². The molecule has 2 heterocycles. The number of hydrogen-bond acceptors (Lipinski definition) is 4. The van der Waals surface area contributed by atoms with E-state index in [4.69, 9.17) is 4.74 Å². The molecular formula is C18H13F4N3O2. The Labute approximate surface area is 151 Å². The second-order valence-corrected chi connectivity index (χ2v) is 5.48. The number of rotatable bonds is 5. The summed E-state index contributed by atoms with van der Waals surface area (Å²) in [6.45, 7) is -0.760. The van der Waals surface area contributed by atoms with Crippen molar-refractivity contribution in [2.45, 2.75) is 6.18 Å². The van der Waals surface area contributed by atoms with Gasteiger partial charge >= 0.3 is 6.18 Å². The van der Waals surface area contributed by atoms with Crippen LogP contribution >= 0.6 is 0 Å². The molecule has 1 aromatic carbocycles. The quantitative estimate of drug-likeness (QED) is 0.677. The Hall–Kier alpha value is -3.23. The van der Waals surface area contributed by atoms with Gasteiger partial charge in [0.15, 0.2) is 0 Å². The summed E-state index contributed by atoms with van der Waals surface area (Å²) < 4.78 is 55.2. The molecule has 5 nitrogen and oxygen atoms in total. The van der Waals surface area contributed by atoms with Crippen LogP contribution in [0.15, 0.2) is 48.7 Å². The van der Waals surface area contributed by atoms with Gasteiger partial charge < -0.3 is 10.1 Å². The number of carbonyl (C=O) groups is 1. The number of ether oxygens (including phenoxy) is 1. The summed E-state index contributed by atoms with van der Waals surface area (Å²) in [6, 6.07) is 9.90. The van der Waals surface area contributed by atoms with E-state index < -0.39 is 24.3 Å². The smallest absolute Gasteiger partial charge is 0.417 e. The van der Waals surface area contributed by atoms with Gasteiger partial charge in [0.25, 0.3) is 5.91 Å². The number of carbonyl (C=O) groups excluding carboxylic acids is 1. The lowest BCUT2D eigenvalue weighted by atomic mass is 10.2. The number of benzene rings is 1. The van der Waals surface area contributed by atoms with E-state index in [1.807, 2.05) is 0 Å². The van der Waals surface area contributed by atoms with Crippen molar-refractivity contribution in [3.63, 3.8) is 0 Å². The summed E-state index contributed by atoms with van der Waals surface area (Å²) in [5, 5.41) is 3.04. The molecule has 27 heavy (non-hydrogen) atoms. The minimum atomic E-state index is -4.46. The molecule has 1 N–H and O–H groups in total. The lowest BCUT2D eigenvalue weighted by Gasteiger charge is -2.09. The van der Waals surface area contributed by atoms with Gasteiger partial charge in [-0.2, -0.15) is 13.2 Å². The van der Waals surface area contributed by atoms with Crippen LogP contribution < -0.4 is 10.1 Å². The van der Waals surface area contributed by atoms with Gasteiger partial charge in [0, 0.05) is 24.2 Å². The van der Waals surface area contributed by atoms with Gasteiger partial charge in [0.05, 0.1) is 11.1 Å². The van der Waals surface area contributed by atoms with E-state index in [0.29, 0.717) is 22.8 Å². The molecule has 0 atom stereocenters. The minimum Gasteiger partial charge on any atom is -0.439 e. The van der Waals surface area contributed by atoms with Crippen LogP contribution in [0.5, 0.6) is 11.6 Å². The molecule has 0 bridgehead atoms. The molecule has 140 valence electrons. The normalized spacial score (nSPS) is 11.4. The summed E-state index contributed by atoms with van der Waals surface area (Å²) in [5.41, 5.74) is -0.208. The molecule has 3 aromatic rings. The molecule has 9 heteroatoms. The zero-order valence-electron chi connectivity index (χ0n) is 13.8. The first kappa shape index (κ1) is 18.6. The Morgan fingerprint density at radius 3 is 2.59 bits per heavy atom. The first-order chi connectivity index (χ1) is 12.9. The number of pyridine rings is 2. The van der Waals surface area contributed by atoms with Crippen molar-refractivity contribution in [2.24, 2.45) is 0 Å². The third-order valence-electron chi connectivity index (χ3n) is 3.56. The third-order valence-corrected chi connectivity index (χ3v) is 3.56. The fourth-order valence-corrected chi connectivity index (χ4v) is 2.27. The molecule has 1 amide bonds. The van der Waals surface area contributed by atoms with E-state index in [-0.39, 0.29) is 18.1 Å².